The number of guanidine groups is 1. The first-order chi connectivity index (χ1) is 11.8. The Morgan fingerprint density at radius 2 is 2.16 bits per heavy atom. The highest BCUT2D eigenvalue weighted by molar-refractivity contribution is 6.30. The minimum absolute atomic E-state index is 0.125. The van der Waals surface area contributed by atoms with Gasteiger partial charge in [-0.1, -0.05) is 31.5 Å². The zero-order valence-electron chi connectivity index (χ0n) is 15.3. The molecule has 2 aromatic rings. The summed E-state index contributed by atoms with van der Waals surface area (Å²) in [7, 11) is 5.65. The Labute approximate surface area is 153 Å². The fraction of sp³-hybridized carbons (Fsp3) is 0.444. The maximum Gasteiger partial charge on any atom is 0.193 e. The molecule has 1 aromatic heterocycles. The fourth-order valence-corrected chi connectivity index (χ4v) is 2.91. The van der Waals surface area contributed by atoms with Gasteiger partial charge in [0, 0.05) is 46.0 Å². The molecule has 0 aliphatic heterocycles. The van der Waals surface area contributed by atoms with Crippen LogP contribution in [0.4, 0.5) is 4.39 Å². The Morgan fingerprint density at radius 1 is 1.44 bits per heavy atom. The average molecular weight is 366 g/mol. The lowest BCUT2D eigenvalue weighted by atomic mass is 10.1. The molecule has 0 saturated carbocycles. The van der Waals surface area contributed by atoms with Gasteiger partial charge in [0.1, 0.15) is 5.82 Å². The fourth-order valence-electron chi connectivity index (χ4n) is 2.71. The largest absolute Gasteiger partial charge is 0.352 e. The summed E-state index contributed by atoms with van der Waals surface area (Å²) in [6.07, 6.45) is 2.04. The van der Waals surface area contributed by atoms with E-state index in [0.29, 0.717) is 19.0 Å². The number of nitrogens with one attached hydrogen (secondary N) is 1. The molecule has 5 nitrogen and oxygen atoms in total. The van der Waals surface area contributed by atoms with Crippen molar-refractivity contribution in [1.29, 1.82) is 0 Å². The van der Waals surface area contributed by atoms with Crippen molar-refractivity contribution in [3.63, 3.8) is 0 Å². The summed E-state index contributed by atoms with van der Waals surface area (Å²) in [6.45, 7) is 5.49. The normalized spacial score (nSPS) is 11.9. The van der Waals surface area contributed by atoms with Crippen LogP contribution in [-0.4, -0.2) is 34.7 Å². The lowest BCUT2D eigenvalue weighted by Gasteiger charge is -2.22. The van der Waals surface area contributed by atoms with Crippen LogP contribution < -0.4 is 5.32 Å². The molecule has 136 valence electrons. The number of rotatable bonds is 5. The standard InChI is InChI=1S/C18H25ClFN5/c1-12(2)17-14(11-25(5)23-17)10-24(4)18(21-3)22-9-13-6-7-16(20)15(19)8-13/h6-8,11-12H,9-10H2,1-5H3,(H,21,22). The predicted octanol–water partition coefficient (Wildman–Crippen LogP) is 3.54. The Hall–Kier alpha value is -2.08. The number of hydrogen-bond donors (Lipinski definition) is 1. The summed E-state index contributed by atoms with van der Waals surface area (Å²) in [6, 6.07) is 4.70. The third kappa shape index (κ3) is 4.95. The molecule has 0 amide bonds. The van der Waals surface area contributed by atoms with Gasteiger partial charge in [0.15, 0.2) is 5.96 Å². The second-order valence-corrected chi connectivity index (χ2v) is 6.78. The van der Waals surface area contributed by atoms with Gasteiger partial charge in [-0.25, -0.2) is 4.39 Å². The first-order valence-corrected chi connectivity index (χ1v) is 8.57. The molecular formula is C18H25ClFN5. The van der Waals surface area contributed by atoms with Crippen molar-refractivity contribution in [2.45, 2.75) is 32.9 Å². The van der Waals surface area contributed by atoms with E-state index < -0.39 is 5.82 Å². The third-order valence-electron chi connectivity index (χ3n) is 3.90. The van der Waals surface area contributed by atoms with Crippen molar-refractivity contribution in [3.05, 3.63) is 52.1 Å². The lowest BCUT2D eigenvalue weighted by molar-refractivity contribution is 0.473. The first-order valence-electron chi connectivity index (χ1n) is 8.20. The van der Waals surface area contributed by atoms with Gasteiger partial charge in [-0.15, -0.1) is 0 Å². The van der Waals surface area contributed by atoms with Crippen LogP contribution in [0.1, 0.15) is 36.6 Å². The molecule has 0 atom stereocenters. The third-order valence-corrected chi connectivity index (χ3v) is 4.19. The maximum atomic E-state index is 13.2. The molecule has 0 fully saturated rings. The van der Waals surface area contributed by atoms with E-state index in [2.05, 4.69) is 29.3 Å². The smallest absolute Gasteiger partial charge is 0.193 e. The van der Waals surface area contributed by atoms with Crippen LogP contribution in [-0.2, 0) is 20.1 Å². The van der Waals surface area contributed by atoms with E-state index in [1.165, 1.54) is 11.6 Å². The van der Waals surface area contributed by atoms with Crippen molar-refractivity contribution in [2.75, 3.05) is 14.1 Å². The molecule has 1 aromatic carbocycles. The van der Waals surface area contributed by atoms with Crippen molar-refractivity contribution < 1.29 is 4.39 Å². The summed E-state index contributed by atoms with van der Waals surface area (Å²) in [4.78, 5) is 6.35. The molecule has 1 N–H and O–H groups in total. The number of aryl methyl sites for hydroxylation is 1. The monoisotopic (exact) mass is 365 g/mol. The second kappa shape index (κ2) is 8.34. The Balaban J connectivity index is 2.04. The summed E-state index contributed by atoms with van der Waals surface area (Å²) in [5.74, 6) is 0.699. The number of nitrogens with zero attached hydrogens (tertiary/aromatic N) is 4. The van der Waals surface area contributed by atoms with Gasteiger partial charge in [0.25, 0.3) is 0 Å². The minimum Gasteiger partial charge on any atom is -0.352 e. The van der Waals surface area contributed by atoms with E-state index in [1.807, 2.05) is 29.9 Å². The van der Waals surface area contributed by atoms with Crippen LogP contribution >= 0.6 is 11.6 Å². The van der Waals surface area contributed by atoms with Crippen LogP contribution in [0.15, 0.2) is 29.4 Å². The van der Waals surface area contributed by atoms with Crippen molar-refractivity contribution >= 4 is 17.6 Å². The number of benzene rings is 1. The SMILES string of the molecule is CN=C(NCc1ccc(F)c(Cl)c1)N(C)Cc1cn(C)nc1C(C)C. The quantitative estimate of drug-likeness (QED) is 0.651. The van der Waals surface area contributed by atoms with Crippen LogP contribution in [0, 0.1) is 5.82 Å². The topological polar surface area (TPSA) is 45.5 Å². The molecule has 0 aliphatic carbocycles. The second-order valence-electron chi connectivity index (χ2n) is 6.37. The highest BCUT2D eigenvalue weighted by Crippen LogP contribution is 2.19. The maximum absolute atomic E-state index is 13.2. The summed E-state index contributed by atoms with van der Waals surface area (Å²) in [5, 5.41) is 7.94. The molecule has 0 saturated heterocycles. The molecule has 25 heavy (non-hydrogen) atoms. The number of aromatic nitrogens is 2. The van der Waals surface area contributed by atoms with Crippen LogP contribution in [0.2, 0.25) is 5.02 Å². The van der Waals surface area contributed by atoms with Crippen LogP contribution in [0.3, 0.4) is 0 Å². The molecule has 0 radical (unpaired) electrons. The highest BCUT2D eigenvalue weighted by atomic mass is 35.5. The molecule has 0 bridgehead atoms. The molecular weight excluding hydrogens is 341 g/mol. The Bertz CT molecular complexity index is 754. The average Bonchev–Trinajstić information content (AvgIpc) is 2.92. The molecule has 0 unspecified atom stereocenters. The van der Waals surface area contributed by atoms with Gasteiger partial charge in [-0.2, -0.15) is 5.10 Å². The molecule has 0 aliphatic rings. The summed E-state index contributed by atoms with van der Waals surface area (Å²) >= 11 is 5.83. The zero-order chi connectivity index (χ0) is 18.6. The van der Waals surface area contributed by atoms with Gasteiger partial charge in [0.2, 0.25) is 0 Å². The van der Waals surface area contributed by atoms with Crippen LogP contribution in [0.5, 0.6) is 0 Å². The van der Waals surface area contributed by atoms with Crippen molar-refractivity contribution in [3.8, 4) is 0 Å². The van der Waals surface area contributed by atoms with Gasteiger partial charge in [-0.05, 0) is 23.6 Å². The van der Waals surface area contributed by atoms with E-state index >= 15 is 0 Å². The van der Waals surface area contributed by atoms with E-state index in [0.717, 1.165) is 17.2 Å². The van der Waals surface area contributed by atoms with E-state index in [1.54, 1.807) is 19.2 Å². The van der Waals surface area contributed by atoms with Crippen molar-refractivity contribution in [2.24, 2.45) is 12.0 Å². The number of aliphatic imine (C=N–C) groups is 1. The lowest BCUT2D eigenvalue weighted by Crippen LogP contribution is -2.38. The van der Waals surface area contributed by atoms with Gasteiger partial charge >= 0.3 is 0 Å². The van der Waals surface area contributed by atoms with Gasteiger partial charge in [-0.3, -0.25) is 9.67 Å². The number of halogens is 2. The molecule has 7 heteroatoms. The van der Waals surface area contributed by atoms with Crippen molar-refractivity contribution in [1.82, 2.24) is 20.0 Å². The Morgan fingerprint density at radius 3 is 2.76 bits per heavy atom. The van der Waals surface area contributed by atoms with E-state index in [-0.39, 0.29) is 5.02 Å². The molecule has 2 rings (SSSR count). The van der Waals surface area contributed by atoms with E-state index in [9.17, 15) is 4.39 Å². The van der Waals surface area contributed by atoms with Gasteiger partial charge < -0.3 is 10.2 Å². The summed E-state index contributed by atoms with van der Waals surface area (Å²) < 4.78 is 15.1. The minimum atomic E-state index is -0.412. The first kappa shape index (κ1) is 19.2. The predicted molar refractivity (Wildman–Crippen MR) is 100 cm³/mol. The highest BCUT2D eigenvalue weighted by Gasteiger charge is 2.15. The van der Waals surface area contributed by atoms with E-state index in [4.69, 9.17) is 11.6 Å². The zero-order valence-corrected chi connectivity index (χ0v) is 16.1. The van der Waals surface area contributed by atoms with Crippen LogP contribution in [0.25, 0.3) is 0 Å². The summed E-state index contributed by atoms with van der Waals surface area (Å²) in [5.41, 5.74) is 3.16. The number of hydrogen-bond acceptors (Lipinski definition) is 2. The van der Waals surface area contributed by atoms with Gasteiger partial charge in [0.05, 0.1) is 10.7 Å². The molecule has 1 heterocycles. The molecule has 0 spiro atoms. The Kier molecular flexibility index (Phi) is 6.42.